The summed E-state index contributed by atoms with van der Waals surface area (Å²) in [5.74, 6) is 1.19. The lowest BCUT2D eigenvalue weighted by Gasteiger charge is -2.04. The van der Waals surface area contributed by atoms with Gasteiger partial charge in [-0.2, -0.15) is 0 Å². The molecule has 4 nitrogen and oxygen atoms in total. The summed E-state index contributed by atoms with van der Waals surface area (Å²) in [6, 6.07) is 4.58. The molecule has 14 heavy (non-hydrogen) atoms. The molecule has 4 heteroatoms. The molecule has 0 saturated heterocycles. The first kappa shape index (κ1) is 9.02. The van der Waals surface area contributed by atoms with Crippen LogP contribution in [-0.4, -0.2) is 18.6 Å². The summed E-state index contributed by atoms with van der Waals surface area (Å²) in [5, 5.41) is 0. The summed E-state index contributed by atoms with van der Waals surface area (Å²) in [6.45, 7) is 1.87. The molecule has 0 saturated carbocycles. The van der Waals surface area contributed by atoms with Gasteiger partial charge < -0.3 is 15.2 Å². The van der Waals surface area contributed by atoms with Crippen LogP contribution in [0.2, 0.25) is 0 Å². The van der Waals surface area contributed by atoms with Crippen LogP contribution in [0.15, 0.2) is 18.2 Å². The third-order valence-corrected chi connectivity index (χ3v) is 2.07. The first-order valence-electron chi connectivity index (χ1n) is 4.38. The fourth-order valence-electron chi connectivity index (χ4n) is 1.31. The van der Waals surface area contributed by atoms with Gasteiger partial charge in [0.2, 0.25) is 6.79 Å². The van der Waals surface area contributed by atoms with E-state index in [9.17, 15) is 4.79 Å². The number of benzene rings is 1. The quantitative estimate of drug-likeness (QED) is 0.710. The van der Waals surface area contributed by atoms with Crippen LogP contribution in [0, 0.1) is 0 Å². The maximum Gasteiger partial charge on any atom is 0.231 e. The molecule has 0 fully saturated rings. The highest BCUT2D eigenvalue weighted by Gasteiger charge is 2.17. The lowest BCUT2D eigenvalue weighted by Crippen LogP contribution is -2.26. The van der Waals surface area contributed by atoms with Crippen molar-refractivity contribution in [2.45, 2.75) is 13.0 Å². The molecule has 1 atom stereocenters. The number of carbonyl (C=O) groups is 1. The van der Waals surface area contributed by atoms with Crippen molar-refractivity contribution < 1.29 is 14.3 Å². The highest BCUT2D eigenvalue weighted by atomic mass is 16.7. The Labute approximate surface area is 81.6 Å². The Morgan fingerprint density at radius 1 is 1.43 bits per heavy atom. The monoisotopic (exact) mass is 193 g/mol. The highest BCUT2D eigenvalue weighted by molar-refractivity contribution is 6.00. The van der Waals surface area contributed by atoms with E-state index in [4.69, 9.17) is 15.2 Å². The molecule has 74 valence electrons. The number of Topliss-reactive ketones (excluding diaryl/α,β-unsaturated/α-hetero) is 1. The zero-order valence-corrected chi connectivity index (χ0v) is 7.82. The Balaban J connectivity index is 2.33. The van der Waals surface area contributed by atoms with E-state index in [1.54, 1.807) is 25.1 Å². The maximum absolute atomic E-state index is 11.5. The van der Waals surface area contributed by atoms with E-state index >= 15 is 0 Å². The molecule has 0 spiro atoms. The molecule has 0 unspecified atom stereocenters. The summed E-state index contributed by atoms with van der Waals surface area (Å²) < 4.78 is 10.3. The molecule has 1 aliphatic heterocycles. The lowest BCUT2D eigenvalue weighted by atomic mass is 10.1. The molecule has 0 radical (unpaired) electrons. The third kappa shape index (κ3) is 1.44. The van der Waals surface area contributed by atoms with Gasteiger partial charge in [-0.1, -0.05) is 0 Å². The fourth-order valence-corrected chi connectivity index (χ4v) is 1.31. The molecule has 0 amide bonds. The Hall–Kier alpha value is -1.55. The van der Waals surface area contributed by atoms with Gasteiger partial charge in [0.05, 0.1) is 6.04 Å². The van der Waals surface area contributed by atoms with Crippen LogP contribution >= 0.6 is 0 Å². The standard InChI is InChI=1S/C10H11NO3/c1-6(11)10(12)7-2-3-8-9(4-7)14-5-13-8/h2-4,6H,5,11H2,1H3/t6-/m0/s1. The van der Waals surface area contributed by atoms with Crippen molar-refractivity contribution in [1.29, 1.82) is 0 Å². The molecular formula is C10H11NO3. The molecule has 1 aromatic carbocycles. The normalized spacial score (nSPS) is 15.3. The van der Waals surface area contributed by atoms with E-state index in [0.717, 1.165) is 0 Å². The number of ether oxygens (including phenoxy) is 2. The molecule has 0 bridgehead atoms. The van der Waals surface area contributed by atoms with Crippen molar-refractivity contribution in [3.05, 3.63) is 23.8 Å². The predicted molar refractivity (Wildman–Crippen MR) is 50.5 cm³/mol. The van der Waals surface area contributed by atoms with E-state index in [2.05, 4.69) is 0 Å². The number of ketones is 1. The maximum atomic E-state index is 11.5. The highest BCUT2D eigenvalue weighted by Crippen LogP contribution is 2.32. The summed E-state index contributed by atoms with van der Waals surface area (Å²) in [6.07, 6.45) is 0. The summed E-state index contributed by atoms with van der Waals surface area (Å²) in [7, 11) is 0. The topological polar surface area (TPSA) is 61.6 Å². The van der Waals surface area contributed by atoms with Crippen LogP contribution in [0.25, 0.3) is 0 Å². The number of hydrogen-bond acceptors (Lipinski definition) is 4. The smallest absolute Gasteiger partial charge is 0.231 e. The number of nitrogens with two attached hydrogens (primary N) is 1. The first-order chi connectivity index (χ1) is 6.68. The molecule has 2 N–H and O–H groups in total. The molecular weight excluding hydrogens is 182 g/mol. The molecule has 0 aromatic heterocycles. The number of fused-ring (bicyclic) bond motifs is 1. The second-order valence-electron chi connectivity index (χ2n) is 3.22. The number of hydrogen-bond donors (Lipinski definition) is 1. The molecule has 1 heterocycles. The summed E-state index contributed by atoms with van der Waals surface area (Å²) in [5.41, 5.74) is 6.05. The van der Waals surface area contributed by atoms with Gasteiger partial charge in [0.25, 0.3) is 0 Å². The van der Waals surface area contributed by atoms with Crippen LogP contribution in [0.4, 0.5) is 0 Å². The molecule has 2 rings (SSSR count). The van der Waals surface area contributed by atoms with Gasteiger partial charge in [0.1, 0.15) is 0 Å². The van der Waals surface area contributed by atoms with Crippen molar-refractivity contribution in [2.24, 2.45) is 5.73 Å². The van der Waals surface area contributed by atoms with Crippen molar-refractivity contribution in [2.75, 3.05) is 6.79 Å². The largest absolute Gasteiger partial charge is 0.454 e. The Morgan fingerprint density at radius 3 is 2.86 bits per heavy atom. The third-order valence-electron chi connectivity index (χ3n) is 2.07. The van der Waals surface area contributed by atoms with Crippen LogP contribution in [0.5, 0.6) is 11.5 Å². The lowest BCUT2D eigenvalue weighted by molar-refractivity contribution is 0.0967. The zero-order valence-electron chi connectivity index (χ0n) is 7.82. The van der Waals surface area contributed by atoms with E-state index in [1.807, 2.05) is 0 Å². The zero-order chi connectivity index (χ0) is 10.1. The van der Waals surface area contributed by atoms with Gasteiger partial charge in [0, 0.05) is 5.56 Å². The van der Waals surface area contributed by atoms with Gasteiger partial charge >= 0.3 is 0 Å². The first-order valence-corrected chi connectivity index (χ1v) is 4.38. The Kier molecular flexibility index (Phi) is 2.13. The Bertz CT molecular complexity index is 374. The second kappa shape index (κ2) is 3.31. The fraction of sp³-hybridized carbons (Fsp3) is 0.300. The van der Waals surface area contributed by atoms with E-state index < -0.39 is 6.04 Å². The molecule has 1 aromatic rings. The minimum absolute atomic E-state index is 0.0942. The van der Waals surface area contributed by atoms with Gasteiger partial charge in [-0.05, 0) is 25.1 Å². The number of rotatable bonds is 2. The van der Waals surface area contributed by atoms with Crippen LogP contribution < -0.4 is 15.2 Å². The average molecular weight is 193 g/mol. The minimum atomic E-state index is -0.490. The van der Waals surface area contributed by atoms with Crippen LogP contribution in [0.1, 0.15) is 17.3 Å². The average Bonchev–Trinajstić information content (AvgIpc) is 2.62. The summed E-state index contributed by atoms with van der Waals surface area (Å²) >= 11 is 0. The van der Waals surface area contributed by atoms with Crippen molar-refractivity contribution in [3.8, 4) is 11.5 Å². The predicted octanol–water partition coefficient (Wildman–Crippen LogP) is 0.945. The SMILES string of the molecule is C[C@H](N)C(=O)c1ccc2c(c1)OCO2. The van der Waals surface area contributed by atoms with Gasteiger partial charge in [-0.3, -0.25) is 4.79 Å². The van der Waals surface area contributed by atoms with Gasteiger partial charge in [0.15, 0.2) is 17.3 Å². The molecule has 0 aliphatic carbocycles. The van der Waals surface area contributed by atoms with Gasteiger partial charge in [-0.25, -0.2) is 0 Å². The van der Waals surface area contributed by atoms with Crippen LogP contribution in [0.3, 0.4) is 0 Å². The van der Waals surface area contributed by atoms with Crippen molar-refractivity contribution in [1.82, 2.24) is 0 Å². The number of carbonyl (C=O) groups excluding carboxylic acids is 1. The minimum Gasteiger partial charge on any atom is -0.454 e. The summed E-state index contributed by atoms with van der Waals surface area (Å²) in [4.78, 5) is 11.5. The van der Waals surface area contributed by atoms with E-state index in [-0.39, 0.29) is 12.6 Å². The Morgan fingerprint density at radius 2 is 2.14 bits per heavy atom. The van der Waals surface area contributed by atoms with Crippen LogP contribution in [-0.2, 0) is 0 Å². The molecule has 1 aliphatic rings. The van der Waals surface area contributed by atoms with Crippen molar-refractivity contribution >= 4 is 5.78 Å². The van der Waals surface area contributed by atoms with Gasteiger partial charge in [-0.15, -0.1) is 0 Å². The van der Waals surface area contributed by atoms with E-state index in [0.29, 0.717) is 17.1 Å². The van der Waals surface area contributed by atoms with E-state index in [1.165, 1.54) is 0 Å². The second-order valence-corrected chi connectivity index (χ2v) is 3.22. The van der Waals surface area contributed by atoms with Crippen molar-refractivity contribution in [3.63, 3.8) is 0 Å².